The number of esters is 1. The van der Waals surface area contributed by atoms with Gasteiger partial charge in [0.05, 0.1) is 37.1 Å². The van der Waals surface area contributed by atoms with E-state index in [1.54, 1.807) is 13.8 Å². The lowest BCUT2D eigenvalue weighted by molar-refractivity contribution is -0.306. The van der Waals surface area contributed by atoms with Gasteiger partial charge < -0.3 is 24.1 Å². The molecule has 7 heteroatoms. The van der Waals surface area contributed by atoms with E-state index in [9.17, 15) is 9.90 Å². The average molecular weight is 780 g/mol. The highest BCUT2D eigenvalue weighted by Gasteiger charge is 2.87. The van der Waals surface area contributed by atoms with Gasteiger partial charge in [-0.15, -0.1) is 6.58 Å². The quantitative estimate of drug-likeness (QED) is 0.142. The van der Waals surface area contributed by atoms with Crippen LogP contribution >= 0.6 is 0 Å². The summed E-state index contributed by atoms with van der Waals surface area (Å²) >= 11 is 0. The Labute approximate surface area is 341 Å². The minimum absolute atomic E-state index is 0.0589. The average Bonchev–Trinajstić information content (AvgIpc) is 3.71. The SMILES string of the molecule is C=C[C@H](C1CCCCCC1)N1CCO[C@@](C)(O[C@H]2CC[C@]34[C@@H](C)[C@]35CC[C@]3(C)[C@H]6CCC([C@H](OC(C)=O)C(C)(C)O)OC6[C@H](CC)[C@@]3(C)C5CC[C@H]4C2(C)C)C1. The second-order valence-electron chi connectivity index (χ2n) is 22.6. The van der Waals surface area contributed by atoms with Crippen LogP contribution in [0.3, 0.4) is 0 Å². The summed E-state index contributed by atoms with van der Waals surface area (Å²) in [6, 6.07) is 0.405. The zero-order valence-electron chi connectivity index (χ0n) is 37.3. The Morgan fingerprint density at radius 2 is 1.62 bits per heavy atom. The van der Waals surface area contributed by atoms with Crippen LogP contribution in [0.4, 0.5) is 0 Å². The first-order chi connectivity index (χ1) is 26.4. The maximum Gasteiger partial charge on any atom is 0.303 e. The highest BCUT2D eigenvalue weighted by atomic mass is 16.7. The van der Waals surface area contributed by atoms with E-state index < -0.39 is 17.5 Å². The van der Waals surface area contributed by atoms with Crippen molar-refractivity contribution >= 4 is 5.97 Å². The molecule has 3 unspecified atom stereocenters. The van der Waals surface area contributed by atoms with Crippen molar-refractivity contribution in [1.82, 2.24) is 4.90 Å². The van der Waals surface area contributed by atoms with Gasteiger partial charge in [-0.05, 0) is 148 Å². The van der Waals surface area contributed by atoms with E-state index in [1.807, 2.05) is 0 Å². The van der Waals surface area contributed by atoms with Gasteiger partial charge in [0.2, 0.25) is 0 Å². The lowest BCUT2D eigenvalue weighted by Gasteiger charge is -2.64. The van der Waals surface area contributed by atoms with Crippen molar-refractivity contribution < 1.29 is 28.8 Å². The smallest absolute Gasteiger partial charge is 0.303 e. The summed E-state index contributed by atoms with van der Waals surface area (Å²) in [5.41, 5.74) is 0.00749. The number of carbonyl (C=O) groups is 1. The van der Waals surface area contributed by atoms with Gasteiger partial charge in [0.25, 0.3) is 0 Å². The van der Waals surface area contributed by atoms with Crippen molar-refractivity contribution in [2.45, 2.75) is 207 Å². The summed E-state index contributed by atoms with van der Waals surface area (Å²) < 4.78 is 27.0. The van der Waals surface area contributed by atoms with Crippen LogP contribution in [0.15, 0.2) is 12.7 Å². The van der Waals surface area contributed by atoms with Gasteiger partial charge in [-0.2, -0.15) is 0 Å². The van der Waals surface area contributed by atoms with Crippen molar-refractivity contribution in [1.29, 1.82) is 0 Å². The molecule has 0 aromatic carbocycles. The van der Waals surface area contributed by atoms with Gasteiger partial charge >= 0.3 is 5.97 Å². The Morgan fingerprint density at radius 1 is 0.946 bits per heavy atom. The number of nitrogens with zero attached hydrogens (tertiary/aromatic N) is 1. The molecular weight excluding hydrogens is 699 g/mol. The first kappa shape index (κ1) is 41.7. The van der Waals surface area contributed by atoms with Crippen LogP contribution in [0.25, 0.3) is 0 Å². The summed E-state index contributed by atoms with van der Waals surface area (Å²) in [5.74, 6) is 2.72. The largest absolute Gasteiger partial charge is 0.457 e. The van der Waals surface area contributed by atoms with Crippen LogP contribution < -0.4 is 0 Å². The minimum Gasteiger partial charge on any atom is -0.457 e. The Kier molecular flexibility index (Phi) is 10.7. The highest BCUT2D eigenvalue weighted by molar-refractivity contribution is 5.66. The Hall–Kier alpha value is -0.990. The van der Waals surface area contributed by atoms with Crippen LogP contribution in [0.5, 0.6) is 0 Å². The fourth-order valence-corrected chi connectivity index (χ4v) is 17.5. The summed E-state index contributed by atoms with van der Waals surface area (Å²) in [6.45, 7) is 29.6. The number of hydrogen-bond donors (Lipinski definition) is 1. The van der Waals surface area contributed by atoms with E-state index in [0.29, 0.717) is 46.5 Å². The summed E-state index contributed by atoms with van der Waals surface area (Å²) in [6.07, 6.45) is 20.3. The van der Waals surface area contributed by atoms with Gasteiger partial charge in [0, 0.05) is 19.5 Å². The van der Waals surface area contributed by atoms with Crippen molar-refractivity contribution in [2.75, 3.05) is 19.7 Å². The van der Waals surface area contributed by atoms with Crippen molar-refractivity contribution in [2.24, 2.45) is 62.6 Å². The van der Waals surface area contributed by atoms with Gasteiger partial charge in [-0.25, -0.2) is 0 Å². The van der Waals surface area contributed by atoms with E-state index >= 15 is 0 Å². The summed E-state index contributed by atoms with van der Waals surface area (Å²) in [7, 11) is 0. The van der Waals surface area contributed by atoms with E-state index in [1.165, 1.54) is 77.6 Å². The normalized spacial score (nSPS) is 48.8. The molecule has 56 heavy (non-hydrogen) atoms. The van der Waals surface area contributed by atoms with Gasteiger partial charge in [-0.1, -0.05) is 79.7 Å². The van der Waals surface area contributed by atoms with Crippen LogP contribution in [-0.4, -0.2) is 77.5 Å². The Bertz CT molecular complexity index is 1480. The summed E-state index contributed by atoms with van der Waals surface area (Å²) in [5, 5.41) is 11.2. The maximum absolute atomic E-state index is 12.2. The fraction of sp³-hybridized carbons (Fsp3) is 0.939. The molecule has 1 N–H and O–H groups in total. The molecule has 0 aromatic rings. The molecule has 0 radical (unpaired) electrons. The fourth-order valence-electron chi connectivity index (χ4n) is 17.5. The van der Waals surface area contributed by atoms with Crippen LogP contribution in [0.1, 0.15) is 166 Å². The molecule has 318 valence electrons. The van der Waals surface area contributed by atoms with Crippen LogP contribution in [0, 0.1) is 62.6 Å². The number of morpholine rings is 1. The number of hydrogen-bond acceptors (Lipinski definition) is 7. The standard InChI is InChI=1S/C49H81NO6/c1-12-34-41-35(20-21-37(55-41)42(44(7,8)52)54-32(4)51)45(9)26-27-49-31(3)48(49)25-24-40(43(5,6)38(48)22-23-39(49)47(34,45)11)56-46(10)30-50(28-29-53-46)36(13-2)33-18-16-14-15-17-19-33/h13,31,33-42,52H,2,12,14-30H2,1,3-11H3/t31-,34+,35+,36-,37?,38+,39?,40+,41?,42+,45-,46+,47+,48-,49+/m1/s1. The van der Waals surface area contributed by atoms with E-state index in [0.717, 1.165) is 51.3 Å². The van der Waals surface area contributed by atoms with Gasteiger partial charge in [0.1, 0.15) is 0 Å². The molecule has 8 rings (SSSR count). The number of fused-ring (bicyclic) bond motifs is 4. The third-order valence-corrected chi connectivity index (χ3v) is 19.8. The molecular formula is C49H81NO6. The zero-order chi connectivity index (χ0) is 40.3. The molecule has 8 fully saturated rings. The molecule has 8 aliphatic rings. The predicted molar refractivity (Wildman–Crippen MR) is 222 cm³/mol. The van der Waals surface area contributed by atoms with Crippen molar-refractivity contribution in [3.63, 3.8) is 0 Å². The second kappa shape index (κ2) is 14.3. The number of carbonyl (C=O) groups excluding carboxylic acids is 1. The molecule has 2 heterocycles. The topological polar surface area (TPSA) is 77.5 Å². The summed E-state index contributed by atoms with van der Waals surface area (Å²) in [4.78, 5) is 14.9. The van der Waals surface area contributed by atoms with Crippen LogP contribution in [-0.2, 0) is 23.7 Å². The molecule has 6 saturated carbocycles. The first-order valence-electron chi connectivity index (χ1n) is 23.6. The minimum atomic E-state index is -1.17. The lowest BCUT2D eigenvalue weighted by Crippen LogP contribution is -2.61. The van der Waals surface area contributed by atoms with Crippen molar-refractivity contribution in [3.05, 3.63) is 12.7 Å². The van der Waals surface area contributed by atoms with E-state index in [-0.39, 0.29) is 40.5 Å². The first-order valence-corrected chi connectivity index (χ1v) is 23.6. The molecule has 2 saturated heterocycles. The van der Waals surface area contributed by atoms with Gasteiger partial charge in [-0.3, -0.25) is 9.69 Å². The van der Waals surface area contributed by atoms with Crippen molar-refractivity contribution in [3.8, 4) is 0 Å². The van der Waals surface area contributed by atoms with E-state index in [4.69, 9.17) is 18.9 Å². The Morgan fingerprint density at radius 3 is 2.27 bits per heavy atom. The number of aliphatic hydroxyl groups is 1. The molecule has 15 atom stereocenters. The highest BCUT2D eigenvalue weighted by Crippen LogP contribution is 2.92. The molecule has 0 bridgehead atoms. The molecule has 7 nitrogen and oxygen atoms in total. The molecule has 0 aromatic heterocycles. The zero-order valence-corrected chi connectivity index (χ0v) is 37.3. The lowest BCUT2D eigenvalue weighted by atomic mass is 9.41. The molecule has 2 aliphatic heterocycles. The molecule has 0 amide bonds. The third kappa shape index (κ3) is 5.89. The third-order valence-electron chi connectivity index (χ3n) is 19.8. The van der Waals surface area contributed by atoms with Gasteiger partial charge in [0.15, 0.2) is 11.9 Å². The number of rotatable bonds is 9. The predicted octanol–water partition coefficient (Wildman–Crippen LogP) is 10.1. The maximum atomic E-state index is 12.2. The monoisotopic (exact) mass is 780 g/mol. The van der Waals surface area contributed by atoms with Crippen LogP contribution in [0.2, 0.25) is 0 Å². The molecule has 2 spiro atoms. The number of ether oxygens (including phenoxy) is 4. The second-order valence-corrected chi connectivity index (χ2v) is 22.6. The van der Waals surface area contributed by atoms with E-state index in [2.05, 4.69) is 66.0 Å². The molecule has 6 aliphatic carbocycles. The Balaban J connectivity index is 1.02.